The Balaban J connectivity index is 2.41. The molecule has 1 heterocycles. The topological polar surface area (TPSA) is 63.4 Å². The van der Waals surface area contributed by atoms with Crippen molar-refractivity contribution in [1.29, 1.82) is 0 Å². The molecule has 1 aliphatic rings. The number of carbonyl (C=O) groups excluding carboxylic acids is 2. The van der Waals surface area contributed by atoms with Crippen molar-refractivity contribution in [1.82, 2.24) is 0 Å². The molecule has 3 rings (SSSR count). The lowest BCUT2D eigenvalue weighted by Gasteiger charge is -2.19. The van der Waals surface area contributed by atoms with Crippen LogP contribution in [0.5, 0.6) is 0 Å². The maximum atomic E-state index is 12.2. The molecule has 0 unspecified atom stereocenters. The second-order valence-corrected chi connectivity index (χ2v) is 4.85. The van der Waals surface area contributed by atoms with E-state index in [0.29, 0.717) is 12.0 Å². The maximum absolute atomic E-state index is 12.2. The molecular formula is C16H14N2O2. The third-order valence-electron chi connectivity index (χ3n) is 3.67. The first-order valence-corrected chi connectivity index (χ1v) is 6.37. The molecule has 0 radical (unpaired) electrons. The number of primary amides is 1. The van der Waals surface area contributed by atoms with Gasteiger partial charge in [0.2, 0.25) is 11.8 Å². The van der Waals surface area contributed by atoms with Crippen molar-refractivity contribution in [3.8, 4) is 11.1 Å². The van der Waals surface area contributed by atoms with Crippen molar-refractivity contribution >= 4 is 17.5 Å². The number of amides is 2. The normalized spacial score (nSPS) is 13.4. The Morgan fingerprint density at radius 1 is 1.15 bits per heavy atom. The van der Waals surface area contributed by atoms with Crippen LogP contribution in [0, 0.1) is 0 Å². The standard InChI is InChI=1S/C16H14N2O2/c1-18-13-8-4-7-12(16(17)20)15(13)11-6-3-2-5-10(11)9-14(18)19/h2-8H,9H2,1H3,(H2,17,20). The van der Waals surface area contributed by atoms with Gasteiger partial charge in [0.25, 0.3) is 0 Å². The van der Waals surface area contributed by atoms with E-state index < -0.39 is 5.91 Å². The van der Waals surface area contributed by atoms with Crippen LogP contribution >= 0.6 is 0 Å². The minimum atomic E-state index is -0.487. The van der Waals surface area contributed by atoms with E-state index >= 15 is 0 Å². The Kier molecular flexibility index (Phi) is 2.79. The molecule has 0 aromatic heterocycles. The number of likely N-dealkylation sites (N-methyl/N-ethyl adjacent to an activating group) is 1. The lowest BCUT2D eigenvalue weighted by Crippen LogP contribution is -2.27. The average molecular weight is 266 g/mol. The van der Waals surface area contributed by atoms with Crippen molar-refractivity contribution in [2.45, 2.75) is 6.42 Å². The second kappa shape index (κ2) is 4.49. The van der Waals surface area contributed by atoms with Gasteiger partial charge in [-0.15, -0.1) is 0 Å². The van der Waals surface area contributed by atoms with Crippen molar-refractivity contribution in [3.05, 3.63) is 53.6 Å². The first-order chi connectivity index (χ1) is 9.59. The molecule has 0 spiro atoms. The predicted molar refractivity (Wildman–Crippen MR) is 77.5 cm³/mol. The summed E-state index contributed by atoms with van der Waals surface area (Å²) in [6, 6.07) is 12.9. The number of anilines is 1. The zero-order chi connectivity index (χ0) is 14.3. The maximum Gasteiger partial charge on any atom is 0.249 e. The van der Waals surface area contributed by atoms with Gasteiger partial charge in [-0.25, -0.2) is 0 Å². The van der Waals surface area contributed by atoms with Gasteiger partial charge in [0.1, 0.15) is 0 Å². The fourth-order valence-electron chi connectivity index (χ4n) is 2.64. The van der Waals surface area contributed by atoms with Crippen LogP contribution in [0.15, 0.2) is 42.5 Å². The molecule has 0 aliphatic carbocycles. The predicted octanol–water partition coefficient (Wildman–Crippen LogP) is 1.97. The molecule has 1 aliphatic heterocycles. The highest BCUT2D eigenvalue weighted by atomic mass is 16.2. The van der Waals surface area contributed by atoms with Crippen LogP contribution in [0.2, 0.25) is 0 Å². The second-order valence-electron chi connectivity index (χ2n) is 4.85. The van der Waals surface area contributed by atoms with Gasteiger partial charge >= 0.3 is 0 Å². The first kappa shape index (κ1) is 12.4. The monoisotopic (exact) mass is 266 g/mol. The number of hydrogen-bond acceptors (Lipinski definition) is 2. The zero-order valence-corrected chi connectivity index (χ0v) is 11.1. The van der Waals surface area contributed by atoms with Crippen molar-refractivity contribution in [2.24, 2.45) is 5.73 Å². The van der Waals surface area contributed by atoms with Crippen LogP contribution in [0.4, 0.5) is 5.69 Å². The summed E-state index contributed by atoms with van der Waals surface area (Å²) >= 11 is 0. The largest absolute Gasteiger partial charge is 0.366 e. The smallest absolute Gasteiger partial charge is 0.249 e. The molecule has 100 valence electrons. The molecule has 2 aromatic rings. The third kappa shape index (κ3) is 1.77. The SMILES string of the molecule is CN1C(=O)Cc2ccccc2-c2c(C(N)=O)cccc21. The van der Waals surface area contributed by atoms with E-state index in [2.05, 4.69) is 0 Å². The number of carbonyl (C=O) groups is 2. The summed E-state index contributed by atoms with van der Waals surface area (Å²) in [4.78, 5) is 25.5. The summed E-state index contributed by atoms with van der Waals surface area (Å²) in [6.07, 6.45) is 0.319. The van der Waals surface area contributed by atoms with E-state index in [9.17, 15) is 9.59 Å². The summed E-state index contributed by atoms with van der Waals surface area (Å²) in [5, 5.41) is 0. The quantitative estimate of drug-likeness (QED) is 0.857. The lowest BCUT2D eigenvalue weighted by molar-refractivity contribution is -0.117. The molecule has 0 atom stereocenters. The molecular weight excluding hydrogens is 252 g/mol. The highest BCUT2D eigenvalue weighted by molar-refractivity contribution is 6.09. The number of nitrogens with two attached hydrogens (primary N) is 1. The molecule has 0 fully saturated rings. The summed E-state index contributed by atoms with van der Waals surface area (Å²) in [6.45, 7) is 0. The number of benzene rings is 2. The van der Waals surface area contributed by atoms with Gasteiger partial charge in [0.15, 0.2) is 0 Å². The Bertz CT molecular complexity index is 722. The first-order valence-electron chi connectivity index (χ1n) is 6.37. The van der Waals surface area contributed by atoms with E-state index in [4.69, 9.17) is 5.73 Å². The fraction of sp³-hybridized carbons (Fsp3) is 0.125. The molecule has 2 amide bonds. The Morgan fingerprint density at radius 2 is 1.90 bits per heavy atom. The van der Waals surface area contributed by atoms with Crippen molar-refractivity contribution in [2.75, 3.05) is 11.9 Å². The van der Waals surface area contributed by atoms with Gasteiger partial charge in [0, 0.05) is 18.2 Å². The van der Waals surface area contributed by atoms with Gasteiger partial charge in [-0.3, -0.25) is 9.59 Å². The fourth-order valence-corrected chi connectivity index (χ4v) is 2.64. The van der Waals surface area contributed by atoms with Gasteiger partial charge < -0.3 is 10.6 Å². The minimum absolute atomic E-state index is 0.00202. The number of hydrogen-bond donors (Lipinski definition) is 1. The van der Waals surface area contributed by atoms with Gasteiger partial charge in [-0.2, -0.15) is 0 Å². The van der Waals surface area contributed by atoms with Crippen LogP contribution < -0.4 is 10.6 Å². The number of fused-ring (bicyclic) bond motifs is 3. The van der Waals surface area contributed by atoms with E-state index in [-0.39, 0.29) is 5.91 Å². The summed E-state index contributed by atoms with van der Waals surface area (Å²) in [7, 11) is 1.72. The molecule has 20 heavy (non-hydrogen) atoms. The molecule has 2 N–H and O–H groups in total. The van der Waals surface area contributed by atoms with E-state index in [1.807, 2.05) is 30.3 Å². The Morgan fingerprint density at radius 3 is 2.65 bits per heavy atom. The molecule has 2 aromatic carbocycles. The summed E-state index contributed by atoms with van der Waals surface area (Å²) in [5.74, 6) is -0.489. The van der Waals surface area contributed by atoms with Crippen LogP contribution in [-0.4, -0.2) is 18.9 Å². The van der Waals surface area contributed by atoms with Gasteiger partial charge in [-0.1, -0.05) is 30.3 Å². The van der Waals surface area contributed by atoms with Crippen molar-refractivity contribution < 1.29 is 9.59 Å². The van der Waals surface area contributed by atoms with E-state index in [0.717, 1.165) is 22.4 Å². The van der Waals surface area contributed by atoms with Gasteiger partial charge in [0.05, 0.1) is 12.1 Å². The lowest BCUT2D eigenvalue weighted by atomic mass is 9.93. The minimum Gasteiger partial charge on any atom is -0.366 e. The molecule has 4 nitrogen and oxygen atoms in total. The van der Waals surface area contributed by atoms with E-state index in [1.54, 1.807) is 24.1 Å². The van der Waals surface area contributed by atoms with Crippen LogP contribution in [-0.2, 0) is 11.2 Å². The highest BCUT2D eigenvalue weighted by Gasteiger charge is 2.26. The molecule has 0 saturated heterocycles. The Labute approximate surface area is 116 Å². The number of rotatable bonds is 1. The average Bonchev–Trinajstić information content (AvgIpc) is 2.55. The summed E-state index contributed by atoms with van der Waals surface area (Å²) in [5.41, 5.74) is 9.19. The van der Waals surface area contributed by atoms with Crippen molar-refractivity contribution in [3.63, 3.8) is 0 Å². The van der Waals surface area contributed by atoms with Gasteiger partial charge in [-0.05, 0) is 23.3 Å². The zero-order valence-electron chi connectivity index (χ0n) is 11.1. The van der Waals surface area contributed by atoms with Crippen LogP contribution in [0.1, 0.15) is 15.9 Å². The molecule has 0 bridgehead atoms. The molecule has 0 saturated carbocycles. The number of nitrogens with zero attached hydrogens (tertiary/aromatic N) is 1. The highest BCUT2D eigenvalue weighted by Crippen LogP contribution is 2.38. The summed E-state index contributed by atoms with van der Waals surface area (Å²) < 4.78 is 0. The Hall–Kier alpha value is -2.62. The third-order valence-corrected chi connectivity index (χ3v) is 3.67. The van der Waals surface area contributed by atoms with E-state index in [1.165, 1.54) is 0 Å². The van der Waals surface area contributed by atoms with Crippen LogP contribution in [0.25, 0.3) is 11.1 Å². The molecule has 4 heteroatoms. The van der Waals surface area contributed by atoms with Crippen LogP contribution in [0.3, 0.4) is 0 Å².